The molecular weight excluding hydrogens is 340 g/mol. The van der Waals surface area contributed by atoms with Gasteiger partial charge in [0.25, 0.3) is 0 Å². The molecule has 0 aliphatic carbocycles. The van der Waals surface area contributed by atoms with E-state index in [0.29, 0.717) is 15.1 Å². The number of anilines is 1. The maximum atomic E-state index is 13.6. The van der Waals surface area contributed by atoms with Crippen molar-refractivity contribution < 1.29 is 13.9 Å². The summed E-state index contributed by atoms with van der Waals surface area (Å²) in [5.74, 6) is -1.48. The lowest BCUT2D eigenvalue weighted by atomic mass is 10.2. The van der Waals surface area contributed by atoms with Crippen molar-refractivity contribution in [3.05, 3.63) is 57.0 Å². The van der Waals surface area contributed by atoms with Crippen molar-refractivity contribution in [1.29, 1.82) is 0 Å². The van der Waals surface area contributed by atoms with E-state index in [2.05, 4.69) is 21.2 Å². The predicted octanol–water partition coefficient (Wildman–Crippen LogP) is 4.70. The molecule has 0 saturated heterocycles. The summed E-state index contributed by atoms with van der Waals surface area (Å²) in [7, 11) is 0. The number of aromatic hydroxyl groups is 1. The summed E-state index contributed by atoms with van der Waals surface area (Å²) in [5.41, 5.74) is 0.119. The third-order valence-electron chi connectivity index (χ3n) is 2.54. The number of phenols is 1. The van der Waals surface area contributed by atoms with Crippen molar-refractivity contribution >= 4 is 33.2 Å². The molecule has 0 bridgehead atoms. The van der Waals surface area contributed by atoms with Crippen LogP contribution in [-0.4, -0.2) is 5.11 Å². The van der Waals surface area contributed by atoms with Crippen LogP contribution < -0.4 is 5.32 Å². The number of phenolic OH excluding ortho intramolecular Hbond substituents is 1. The molecule has 2 aromatic carbocycles. The summed E-state index contributed by atoms with van der Waals surface area (Å²) in [4.78, 5) is 0. The first-order chi connectivity index (χ1) is 8.99. The average Bonchev–Trinajstić information content (AvgIpc) is 2.31. The molecule has 2 aromatic rings. The van der Waals surface area contributed by atoms with Gasteiger partial charge in [0.2, 0.25) is 0 Å². The maximum absolute atomic E-state index is 13.6. The van der Waals surface area contributed by atoms with Crippen molar-refractivity contribution in [1.82, 2.24) is 0 Å². The maximum Gasteiger partial charge on any atom is 0.150 e. The van der Waals surface area contributed by atoms with Crippen LogP contribution in [0.25, 0.3) is 0 Å². The Balaban J connectivity index is 2.24. The second kappa shape index (κ2) is 5.75. The molecule has 0 spiro atoms. The second-order valence-electron chi connectivity index (χ2n) is 3.84. The summed E-state index contributed by atoms with van der Waals surface area (Å²) in [6.45, 7) is 0.0149. The predicted molar refractivity (Wildman–Crippen MR) is 74.5 cm³/mol. The van der Waals surface area contributed by atoms with Gasteiger partial charge in [-0.25, -0.2) is 8.78 Å². The molecule has 100 valence electrons. The molecule has 0 unspecified atom stereocenters. The topological polar surface area (TPSA) is 32.3 Å². The first-order valence-electron chi connectivity index (χ1n) is 5.34. The molecule has 0 saturated carbocycles. The first kappa shape index (κ1) is 14.1. The lowest BCUT2D eigenvalue weighted by molar-refractivity contribution is 0.469. The van der Waals surface area contributed by atoms with Crippen LogP contribution in [0.15, 0.2) is 34.8 Å². The lowest BCUT2D eigenvalue weighted by Crippen LogP contribution is -2.04. The highest BCUT2D eigenvalue weighted by Gasteiger charge is 2.12. The molecule has 0 atom stereocenters. The highest BCUT2D eigenvalue weighted by Crippen LogP contribution is 2.28. The van der Waals surface area contributed by atoms with Crippen molar-refractivity contribution in [3.8, 4) is 5.75 Å². The molecule has 2 nitrogen and oxygen atoms in total. The molecule has 0 amide bonds. The number of hydrogen-bond acceptors (Lipinski definition) is 2. The van der Waals surface area contributed by atoms with Gasteiger partial charge in [-0.2, -0.15) is 0 Å². The van der Waals surface area contributed by atoms with Crippen LogP contribution in [0.4, 0.5) is 14.5 Å². The van der Waals surface area contributed by atoms with Crippen LogP contribution >= 0.6 is 27.5 Å². The number of benzene rings is 2. The quantitative estimate of drug-likeness (QED) is 0.843. The van der Waals surface area contributed by atoms with Crippen LogP contribution in [0.3, 0.4) is 0 Å². The van der Waals surface area contributed by atoms with Gasteiger partial charge in [-0.15, -0.1) is 0 Å². The number of halogens is 4. The van der Waals surface area contributed by atoms with Gasteiger partial charge in [-0.05, 0) is 24.3 Å². The molecule has 19 heavy (non-hydrogen) atoms. The van der Waals surface area contributed by atoms with E-state index in [1.807, 2.05) is 0 Å². The van der Waals surface area contributed by atoms with E-state index in [1.165, 1.54) is 6.07 Å². The van der Waals surface area contributed by atoms with Crippen LogP contribution in [0, 0.1) is 11.6 Å². The standard InChI is InChI=1S/C13H9BrClF2NO/c14-7-4-10(16)13(11(17)5-7)18-6-8-9(15)2-1-3-12(8)19/h1-5,18-19H,6H2. The van der Waals surface area contributed by atoms with Gasteiger partial charge in [0.15, 0.2) is 0 Å². The van der Waals surface area contributed by atoms with E-state index < -0.39 is 11.6 Å². The fraction of sp³-hybridized carbons (Fsp3) is 0.0769. The Labute approximate surface area is 122 Å². The molecule has 0 aliphatic rings. The van der Waals surface area contributed by atoms with Crippen molar-refractivity contribution in [3.63, 3.8) is 0 Å². The van der Waals surface area contributed by atoms with Crippen LogP contribution in [0.2, 0.25) is 5.02 Å². The van der Waals surface area contributed by atoms with Gasteiger partial charge in [-0.1, -0.05) is 33.6 Å². The zero-order valence-corrected chi connectivity index (χ0v) is 11.9. The summed E-state index contributed by atoms with van der Waals surface area (Å²) >= 11 is 8.90. The fourth-order valence-corrected chi connectivity index (χ4v) is 2.25. The third-order valence-corrected chi connectivity index (χ3v) is 3.35. The minimum absolute atomic E-state index is 0.0149. The van der Waals surface area contributed by atoms with E-state index in [1.54, 1.807) is 12.1 Å². The van der Waals surface area contributed by atoms with E-state index in [-0.39, 0.29) is 18.0 Å². The van der Waals surface area contributed by atoms with Gasteiger partial charge < -0.3 is 10.4 Å². The zero-order chi connectivity index (χ0) is 14.0. The summed E-state index contributed by atoms with van der Waals surface area (Å²) in [6.07, 6.45) is 0. The molecular formula is C13H9BrClF2NO. The van der Waals surface area contributed by atoms with Crippen molar-refractivity contribution in [2.75, 3.05) is 5.32 Å². The Morgan fingerprint density at radius 1 is 1.21 bits per heavy atom. The van der Waals surface area contributed by atoms with E-state index >= 15 is 0 Å². The molecule has 2 N–H and O–H groups in total. The summed E-state index contributed by atoms with van der Waals surface area (Å²) in [5, 5.41) is 12.5. The number of rotatable bonds is 3. The molecule has 6 heteroatoms. The summed E-state index contributed by atoms with van der Waals surface area (Å²) in [6, 6.07) is 6.93. The monoisotopic (exact) mass is 347 g/mol. The third kappa shape index (κ3) is 3.16. The van der Waals surface area contributed by atoms with Crippen LogP contribution in [-0.2, 0) is 6.54 Å². The van der Waals surface area contributed by atoms with Gasteiger partial charge in [0.05, 0.1) is 0 Å². The lowest BCUT2D eigenvalue weighted by Gasteiger charge is -2.11. The Morgan fingerprint density at radius 3 is 2.42 bits per heavy atom. The van der Waals surface area contributed by atoms with Gasteiger partial charge in [-0.3, -0.25) is 0 Å². The van der Waals surface area contributed by atoms with Gasteiger partial charge >= 0.3 is 0 Å². The molecule has 2 rings (SSSR count). The molecule has 0 aliphatic heterocycles. The van der Waals surface area contributed by atoms with Crippen LogP contribution in [0.5, 0.6) is 5.75 Å². The Kier molecular flexibility index (Phi) is 4.27. The Morgan fingerprint density at radius 2 is 1.84 bits per heavy atom. The summed E-state index contributed by atoms with van der Waals surface area (Å²) < 4.78 is 27.5. The Bertz CT molecular complexity index is 578. The minimum Gasteiger partial charge on any atom is -0.508 e. The van der Waals surface area contributed by atoms with Crippen molar-refractivity contribution in [2.45, 2.75) is 6.54 Å². The van der Waals surface area contributed by atoms with Gasteiger partial charge in [0.1, 0.15) is 23.1 Å². The zero-order valence-electron chi connectivity index (χ0n) is 9.55. The van der Waals surface area contributed by atoms with E-state index in [9.17, 15) is 13.9 Å². The normalized spacial score (nSPS) is 10.5. The largest absolute Gasteiger partial charge is 0.508 e. The highest BCUT2D eigenvalue weighted by atomic mass is 79.9. The van der Waals surface area contributed by atoms with Crippen LogP contribution in [0.1, 0.15) is 5.56 Å². The molecule has 0 heterocycles. The SMILES string of the molecule is Oc1cccc(Cl)c1CNc1c(F)cc(Br)cc1F. The molecule has 0 fully saturated rings. The smallest absolute Gasteiger partial charge is 0.150 e. The van der Waals surface area contributed by atoms with Crippen molar-refractivity contribution in [2.24, 2.45) is 0 Å². The number of nitrogens with one attached hydrogen (secondary N) is 1. The highest BCUT2D eigenvalue weighted by molar-refractivity contribution is 9.10. The average molecular weight is 349 g/mol. The van der Waals surface area contributed by atoms with Gasteiger partial charge in [0, 0.05) is 21.6 Å². The fourth-order valence-electron chi connectivity index (χ4n) is 1.61. The Hall–Kier alpha value is -1.33. The first-order valence-corrected chi connectivity index (χ1v) is 6.51. The molecule has 0 radical (unpaired) electrons. The second-order valence-corrected chi connectivity index (χ2v) is 5.16. The van der Waals surface area contributed by atoms with E-state index in [0.717, 1.165) is 12.1 Å². The van der Waals surface area contributed by atoms with E-state index in [4.69, 9.17) is 11.6 Å². The molecule has 0 aromatic heterocycles. The minimum atomic E-state index is -0.724. The number of hydrogen-bond donors (Lipinski definition) is 2.